The molecule has 2 aromatic carbocycles. The van der Waals surface area contributed by atoms with Crippen LogP contribution in [0.4, 0.5) is 11.5 Å². The van der Waals surface area contributed by atoms with Crippen molar-refractivity contribution >= 4 is 49.0 Å². The molecule has 0 saturated heterocycles. The van der Waals surface area contributed by atoms with E-state index in [4.69, 9.17) is 4.74 Å². The molecule has 0 aliphatic rings. The van der Waals surface area contributed by atoms with Crippen LogP contribution in [0.2, 0.25) is 0 Å². The summed E-state index contributed by atoms with van der Waals surface area (Å²) in [5.74, 6) is 1.61. The number of halogens is 1. The number of hydrogen-bond donors (Lipinski definition) is 1. The van der Waals surface area contributed by atoms with Crippen LogP contribution in [-0.2, 0) is 0 Å². The van der Waals surface area contributed by atoms with Crippen molar-refractivity contribution in [1.29, 1.82) is 0 Å². The van der Waals surface area contributed by atoms with Crippen molar-refractivity contribution in [1.82, 2.24) is 9.97 Å². The first-order valence-corrected chi connectivity index (χ1v) is 10.4. The molecule has 0 unspecified atom stereocenters. The Hall–Kier alpha value is -2.44. The minimum atomic E-state index is 0.681. The number of para-hydroxylation sites is 2. The van der Waals surface area contributed by atoms with Gasteiger partial charge in [0.05, 0.1) is 17.7 Å². The maximum absolute atomic E-state index is 5.87. The van der Waals surface area contributed by atoms with Gasteiger partial charge < -0.3 is 10.1 Å². The molecule has 136 valence electrons. The first-order chi connectivity index (χ1) is 13.3. The van der Waals surface area contributed by atoms with Crippen LogP contribution in [-0.4, -0.2) is 16.6 Å². The van der Waals surface area contributed by atoms with E-state index < -0.39 is 0 Å². The summed E-state index contributed by atoms with van der Waals surface area (Å²) in [6, 6.07) is 16.2. The van der Waals surface area contributed by atoms with Gasteiger partial charge >= 0.3 is 0 Å². The molecule has 0 aliphatic heterocycles. The number of hydrogen-bond acceptors (Lipinski definition) is 5. The van der Waals surface area contributed by atoms with E-state index in [0.29, 0.717) is 6.61 Å². The number of thiophene rings is 1. The number of ether oxygens (including phenoxy) is 1. The molecular weight excluding hydrogens is 422 g/mol. The van der Waals surface area contributed by atoms with Crippen LogP contribution in [0, 0.1) is 0 Å². The van der Waals surface area contributed by atoms with Crippen molar-refractivity contribution < 1.29 is 4.74 Å². The van der Waals surface area contributed by atoms with Gasteiger partial charge in [-0.2, -0.15) is 0 Å². The molecule has 4 aromatic rings. The molecule has 0 radical (unpaired) electrons. The smallest absolute Gasteiger partial charge is 0.143 e. The molecule has 0 saturated carbocycles. The third-order valence-electron chi connectivity index (χ3n) is 4.13. The van der Waals surface area contributed by atoms with Gasteiger partial charge in [0.2, 0.25) is 0 Å². The van der Waals surface area contributed by atoms with Crippen LogP contribution in [0.1, 0.15) is 13.3 Å². The molecule has 0 bridgehead atoms. The third-order valence-corrected chi connectivity index (χ3v) is 5.54. The summed E-state index contributed by atoms with van der Waals surface area (Å²) in [5, 5.41) is 6.61. The topological polar surface area (TPSA) is 47.0 Å². The minimum absolute atomic E-state index is 0.681. The van der Waals surface area contributed by atoms with E-state index in [1.54, 1.807) is 17.7 Å². The number of aromatic nitrogens is 2. The van der Waals surface area contributed by atoms with E-state index in [0.717, 1.165) is 49.5 Å². The highest BCUT2D eigenvalue weighted by molar-refractivity contribution is 9.10. The van der Waals surface area contributed by atoms with Crippen molar-refractivity contribution in [2.45, 2.75) is 13.3 Å². The van der Waals surface area contributed by atoms with Crippen molar-refractivity contribution in [2.24, 2.45) is 0 Å². The molecule has 4 nitrogen and oxygen atoms in total. The van der Waals surface area contributed by atoms with Crippen molar-refractivity contribution in [3.05, 3.63) is 64.7 Å². The first kappa shape index (κ1) is 17.9. The summed E-state index contributed by atoms with van der Waals surface area (Å²) in [7, 11) is 0. The summed E-state index contributed by atoms with van der Waals surface area (Å²) < 4.78 is 6.93. The minimum Gasteiger partial charge on any atom is -0.491 e. The fourth-order valence-electron chi connectivity index (χ4n) is 2.85. The van der Waals surface area contributed by atoms with Gasteiger partial charge in [-0.25, -0.2) is 9.97 Å². The Labute approximate surface area is 170 Å². The van der Waals surface area contributed by atoms with E-state index in [1.807, 2.05) is 36.4 Å². The molecule has 6 heteroatoms. The fourth-order valence-corrected chi connectivity index (χ4v) is 4.03. The molecule has 4 rings (SSSR count). The van der Waals surface area contributed by atoms with Gasteiger partial charge in [0.15, 0.2) is 0 Å². The standard InChI is InChI=1S/C21H18BrN3OS/c1-2-11-26-18-6-4-3-5-17(18)25-20-19-16(12-27-21(19)24-13-23-20)14-7-9-15(22)10-8-14/h3-10,12-13H,2,11H2,1H3,(H,23,24,25). The Morgan fingerprint density at radius 3 is 2.70 bits per heavy atom. The number of nitrogens with one attached hydrogen (secondary N) is 1. The lowest BCUT2D eigenvalue weighted by molar-refractivity contribution is 0.319. The summed E-state index contributed by atoms with van der Waals surface area (Å²) in [4.78, 5) is 9.92. The molecule has 0 spiro atoms. The average Bonchev–Trinajstić information content (AvgIpc) is 3.13. The van der Waals surface area contributed by atoms with Gasteiger partial charge in [-0.05, 0) is 36.2 Å². The molecule has 27 heavy (non-hydrogen) atoms. The second kappa shape index (κ2) is 8.06. The Morgan fingerprint density at radius 2 is 1.89 bits per heavy atom. The second-order valence-corrected chi connectivity index (χ2v) is 7.80. The lowest BCUT2D eigenvalue weighted by Crippen LogP contribution is -2.01. The van der Waals surface area contributed by atoms with Crippen LogP contribution < -0.4 is 10.1 Å². The van der Waals surface area contributed by atoms with Gasteiger partial charge in [-0.15, -0.1) is 11.3 Å². The number of rotatable bonds is 6. The van der Waals surface area contributed by atoms with Gasteiger partial charge in [-0.1, -0.05) is 47.1 Å². The second-order valence-electron chi connectivity index (χ2n) is 6.03. The Balaban J connectivity index is 1.77. The predicted octanol–water partition coefficient (Wildman–Crippen LogP) is 6.65. The first-order valence-electron chi connectivity index (χ1n) is 8.73. The Morgan fingerprint density at radius 1 is 1.07 bits per heavy atom. The number of benzene rings is 2. The van der Waals surface area contributed by atoms with Gasteiger partial charge in [0.1, 0.15) is 22.7 Å². The van der Waals surface area contributed by atoms with Crippen molar-refractivity contribution in [3.63, 3.8) is 0 Å². The number of anilines is 2. The molecule has 1 N–H and O–H groups in total. The lowest BCUT2D eigenvalue weighted by atomic mass is 10.1. The van der Waals surface area contributed by atoms with E-state index in [2.05, 4.69) is 55.7 Å². The van der Waals surface area contributed by atoms with E-state index in [1.165, 1.54) is 0 Å². The van der Waals surface area contributed by atoms with E-state index in [-0.39, 0.29) is 0 Å². The number of nitrogens with zero attached hydrogens (tertiary/aromatic N) is 2. The molecule has 0 aliphatic carbocycles. The summed E-state index contributed by atoms with van der Waals surface area (Å²) >= 11 is 5.12. The van der Waals surface area contributed by atoms with Crippen LogP contribution in [0.15, 0.2) is 64.7 Å². The predicted molar refractivity (Wildman–Crippen MR) is 116 cm³/mol. The molecule has 0 fully saturated rings. The largest absolute Gasteiger partial charge is 0.491 e. The van der Waals surface area contributed by atoms with E-state index in [9.17, 15) is 0 Å². The monoisotopic (exact) mass is 439 g/mol. The summed E-state index contributed by atoms with van der Waals surface area (Å²) in [6.45, 7) is 2.78. The van der Waals surface area contributed by atoms with Crippen LogP contribution in [0.25, 0.3) is 21.3 Å². The molecule has 0 amide bonds. The van der Waals surface area contributed by atoms with Gasteiger partial charge in [-0.3, -0.25) is 0 Å². The maximum atomic E-state index is 5.87. The average molecular weight is 440 g/mol. The summed E-state index contributed by atoms with van der Waals surface area (Å²) in [6.07, 6.45) is 2.56. The third kappa shape index (κ3) is 3.82. The van der Waals surface area contributed by atoms with Gasteiger partial charge in [0, 0.05) is 15.4 Å². The highest BCUT2D eigenvalue weighted by atomic mass is 79.9. The van der Waals surface area contributed by atoms with E-state index >= 15 is 0 Å². The molecular formula is C21H18BrN3OS. The Kier molecular flexibility index (Phi) is 5.36. The number of fused-ring (bicyclic) bond motifs is 1. The fraction of sp³-hybridized carbons (Fsp3) is 0.143. The van der Waals surface area contributed by atoms with Gasteiger partial charge in [0.25, 0.3) is 0 Å². The van der Waals surface area contributed by atoms with Crippen molar-refractivity contribution in [3.8, 4) is 16.9 Å². The highest BCUT2D eigenvalue weighted by Crippen LogP contribution is 2.38. The molecule has 2 aromatic heterocycles. The normalized spacial score (nSPS) is 10.9. The maximum Gasteiger partial charge on any atom is 0.143 e. The quantitative estimate of drug-likeness (QED) is 0.365. The highest BCUT2D eigenvalue weighted by Gasteiger charge is 2.14. The zero-order chi connectivity index (χ0) is 18.6. The van der Waals surface area contributed by atoms with Crippen LogP contribution in [0.5, 0.6) is 5.75 Å². The SMILES string of the molecule is CCCOc1ccccc1Nc1ncnc2scc(-c3ccc(Br)cc3)c12. The molecule has 2 heterocycles. The zero-order valence-electron chi connectivity index (χ0n) is 14.8. The van der Waals surface area contributed by atoms with Crippen LogP contribution in [0.3, 0.4) is 0 Å². The molecule has 0 atom stereocenters. The zero-order valence-corrected chi connectivity index (χ0v) is 17.2. The Bertz CT molecular complexity index is 1060. The van der Waals surface area contributed by atoms with Crippen LogP contribution >= 0.6 is 27.3 Å². The van der Waals surface area contributed by atoms with Crippen molar-refractivity contribution in [2.75, 3.05) is 11.9 Å². The summed E-state index contributed by atoms with van der Waals surface area (Å²) in [5.41, 5.74) is 3.16. The lowest BCUT2D eigenvalue weighted by Gasteiger charge is -2.13.